The molecule has 0 N–H and O–H groups in total. The summed E-state index contributed by atoms with van der Waals surface area (Å²) < 4.78 is 4.43. The molecule has 0 spiro atoms. The number of hydrogen-bond donors (Lipinski definition) is 0. The van der Waals surface area contributed by atoms with Crippen molar-refractivity contribution in [3.63, 3.8) is 0 Å². The predicted molar refractivity (Wildman–Crippen MR) is 200 cm³/mol. The summed E-state index contributed by atoms with van der Waals surface area (Å²) in [5.74, 6) is 0. The zero-order valence-electron chi connectivity index (χ0n) is 26.7. The molecule has 0 aliphatic carbocycles. The van der Waals surface area contributed by atoms with E-state index in [0.29, 0.717) is 16.7 Å². The van der Waals surface area contributed by atoms with Crippen LogP contribution in [0.5, 0.6) is 0 Å². The molecular formula is C45H25N5. The van der Waals surface area contributed by atoms with Crippen LogP contribution in [-0.4, -0.2) is 9.13 Å². The predicted octanol–water partition coefficient (Wildman–Crippen LogP) is 10.8. The van der Waals surface area contributed by atoms with Gasteiger partial charge in [0.15, 0.2) is 0 Å². The van der Waals surface area contributed by atoms with Gasteiger partial charge in [-0.1, -0.05) is 78.9 Å². The lowest BCUT2D eigenvalue weighted by molar-refractivity contribution is 1.17. The van der Waals surface area contributed by atoms with E-state index in [1.54, 1.807) is 0 Å². The monoisotopic (exact) mass is 635 g/mol. The molecule has 0 saturated heterocycles. The summed E-state index contributed by atoms with van der Waals surface area (Å²) in [7, 11) is 0. The molecule has 0 bridgehead atoms. The Kier molecular flexibility index (Phi) is 6.56. The van der Waals surface area contributed by atoms with E-state index in [1.165, 1.54) is 5.39 Å². The zero-order valence-corrected chi connectivity index (χ0v) is 26.7. The van der Waals surface area contributed by atoms with Crippen LogP contribution in [0, 0.1) is 34.0 Å². The van der Waals surface area contributed by atoms with Gasteiger partial charge < -0.3 is 9.13 Å². The first-order chi connectivity index (χ1) is 24.7. The fraction of sp³-hybridized carbons (Fsp3) is 0. The molecule has 0 atom stereocenters. The van der Waals surface area contributed by atoms with Crippen LogP contribution in [-0.2, 0) is 0 Å². The van der Waals surface area contributed by atoms with Crippen LogP contribution < -0.4 is 0 Å². The van der Waals surface area contributed by atoms with Crippen LogP contribution >= 0.6 is 0 Å². The summed E-state index contributed by atoms with van der Waals surface area (Å²) in [6.45, 7) is 0. The fourth-order valence-corrected chi connectivity index (χ4v) is 7.36. The van der Waals surface area contributed by atoms with Gasteiger partial charge in [-0.05, 0) is 89.5 Å². The largest absolute Gasteiger partial charge is 0.309 e. The summed E-state index contributed by atoms with van der Waals surface area (Å²) in [5, 5.41) is 33.5. The number of para-hydroxylation sites is 3. The van der Waals surface area contributed by atoms with E-state index in [9.17, 15) is 15.8 Å². The molecule has 0 aliphatic heterocycles. The Labute approximate surface area is 287 Å². The maximum Gasteiger partial charge on any atom is 0.101 e. The van der Waals surface area contributed by atoms with E-state index in [1.807, 2.05) is 66.7 Å². The average Bonchev–Trinajstić information content (AvgIpc) is 3.70. The van der Waals surface area contributed by atoms with Gasteiger partial charge in [-0.3, -0.25) is 0 Å². The second-order valence-electron chi connectivity index (χ2n) is 12.3. The molecule has 0 amide bonds. The summed E-state index contributed by atoms with van der Waals surface area (Å²) in [6, 6.07) is 58.0. The highest BCUT2D eigenvalue weighted by Crippen LogP contribution is 2.40. The quantitative estimate of drug-likeness (QED) is 0.193. The minimum absolute atomic E-state index is 0.578. The highest BCUT2D eigenvalue weighted by atomic mass is 15.0. The molecule has 0 radical (unpaired) electrons. The maximum absolute atomic E-state index is 10.0. The van der Waals surface area contributed by atoms with Crippen molar-refractivity contribution >= 4 is 43.6 Å². The Bertz CT molecular complexity index is 2960. The van der Waals surface area contributed by atoms with E-state index in [0.717, 1.165) is 71.9 Å². The van der Waals surface area contributed by atoms with E-state index in [4.69, 9.17) is 0 Å². The van der Waals surface area contributed by atoms with Crippen LogP contribution in [0.25, 0.3) is 77.2 Å². The first kappa shape index (κ1) is 28.8. The van der Waals surface area contributed by atoms with Crippen LogP contribution in [0.3, 0.4) is 0 Å². The molecule has 9 aromatic rings. The SMILES string of the molecule is N#Cc1ccc(-n2c3ccccc3c3cccc(-c4cccc(-c5ccc6c7cc(C#N)ccc7n(-c7ccccc7C#N)c6c5)c4)c32)cc1. The summed E-state index contributed by atoms with van der Waals surface area (Å²) in [6.07, 6.45) is 0. The van der Waals surface area contributed by atoms with Gasteiger partial charge in [0.05, 0.1) is 56.6 Å². The number of nitrogens with zero attached hydrogens (tertiary/aromatic N) is 5. The lowest BCUT2D eigenvalue weighted by atomic mass is 9.96. The Morgan fingerprint density at radius 1 is 0.400 bits per heavy atom. The fourth-order valence-electron chi connectivity index (χ4n) is 7.36. The minimum atomic E-state index is 0.578. The smallest absolute Gasteiger partial charge is 0.101 e. The van der Waals surface area contributed by atoms with Crippen molar-refractivity contribution in [3.05, 3.63) is 168 Å². The molecule has 0 aliphatic rings. The molecule has 0 fully saturated rings. The Morgan fingerprint density at radius 3 is 1.92 bits per heavy atom. The van der Waals surface area contributed by atoms with Gasteiger partial charge in [-0.25, -0.2) is 0 Å². The number of nitriles is 3. The van der Waals surface area contributed by atoms with Gasteiger partial charge in [0.2, 0.25) is 0 Å². The van der Waals surface area contributed by atoms with E-state index in [2.05, 4.69) is 112 Å². The van der Waals surface area contributed by atoms with Crippen molar-refractivity contribution in [1.29, 1.82) is 15.8 Å². The van der Waals surface area contributed by atoms with E-state index >= 15 is 0 Å². The highest BCUT2D eigenvalue weighted by Gasteiger charge is 2.19. The third-order valence-electron chi connectivity index (χ3n) is 9.62. The minimum Gasteiger partial charge on any atom is -0.309 e. The third-order valence-corrected chi connectivity index (χ3v) is 9.62. The summed E-state index contributed by atoms with van der Waals surface area (Å²) in [5.41, 5.74) is 12.0. The summed E-state index contributed by atoms with van der Waals surface area (Å²) in [4.78, 5) is 0. The topological polar surface area (TPSA) is 81.2 Å². The second-order valence-corrected chi connectivity index (χ2v) is 12.3. The van der Waals surface area contributed by atoms with Crippen LogP contribution in [0.2, 0.25) is 0 Å². The molecule has 230 valence electrons. The molecule has 7 aromatic carbocycles. The number of benzene rings is 7. The molecule has 0 saturated carbocycles. The first-order valence-electron chi connectivity index (χ1n) is 16.3. The Balaban J connectivity index is 1.26. The van der Waals surface area contributed by atoms with Gasteiger partial charge in [0.25, 0.3) is 0 Å². The van der Waals surface area contributed by atoms with Crippen LogP contribution in [0.15, 0.2) is 152 Å². The number of hydrogen-bond acceptors (Lipinski definition) is 3. The second kappa shape index (κ2) is 11.4. The molecule has 2 heterocycles. The third kappa shape index (κ3) is 4.38. The first-order valence-corrected chi connectivity index (χ1v) is 16.3. The van der Waals surface area contributed by atoms with E-state index in [-0.39, 0.29) is 0 Å². The number of aromatic nitrogens is 2. The standard InChI is InChI=1S/C45H25N5/c46-26-29-15-19-35(20-16-29)49-42-14-4-2-10-37(42)39-12-6-11-36(45(39)49)33-9-5-8-31(24-33)32-18-21-38-40-23-30(27-47)17-22-43(40)50(44(38)25-32)41-13-3-1-7-34(41)28-48/h1-25H. The normalized spacial score (nSPS) is 11.1. The van der Waals surface area contributed by atoms with Crippen molar-refractivity contribution in [1.82, 2.24) is 9.13 Å². The van der Waals surface area contributed by atoms with Gasteiger partial charge in [-0.2, -0.15) is 15.8 Å². The lowest BCUT2D eigenvalue weighted by Crippen LogP contribution is -1.97. The van der Waals surface area contributed by atoms with Gasteiger partial charge in [-0.15, -0.1) is 0 Å². The molecule has 5 heteroatoms. The van der Waals surface area contributed by atoms with Gasteiger partial charge >= 0.3 is 0 Å². The number of fused-ring (bicyclic) bond motifs is 6. The Hall–Kier alpha value is -7.39. The van der Waals surface area contributed by atoms with E-state index < -0.39 is 0 Å². The van der Waals surface area contributed by atoms with Crippen molar-refractivity contribution in [2.75, 3.05) is 0 Å². The van der Waals surface area contributed by atoms with Crippen molar-refractivity contribution < 1.29 is 0 Å². The van der Waals surface area contributed by atoms with Crippen molar-refractivity contribution in [2.45, 2.75) is 0 Å². The van der Waals surface area contributed by atoms with Crippen molar-refractivity contribution in [2.24, 2.45) is 0 Å². The molecular weight excluding hydrogens is 611 g/mol. The zero-order chi connectivity index (χ0) is 33.8. The van der Waals surface area contributed by atoms with Crippen molar-refractivity contribution in [3.8, 4) is 51.8 Å². The van der Waals surface area contributed by atoms with Gasteiger partial charge in [0.1, 0.15) is 6.07 Å². The maximum atomic E-state index is 10.0. The highest BCUT2D eigenvalue weighted by molar-refractivity contribution is 6.14. The molecule has 5 nitrogen and oxygen atoms in total. The van der Waals surface area contributed by atoms with Gasteiger partial charge in [0, 0.05) is 32.8 Å². The molecule has 2 aromatic heterocycles. The molecule has 9 rings (SSSR count). The average molecular weight is 636 g/mol. The Morgan fingerprint density at radius 2 is 1.08 bits per heavy atom. The van der Waals surface area contributed by atoms with Crippen LogP contribution in [0.4, 0.5) is 0 Å². The lowest BCUT2D eigenvalue weighted by Gasteiger charge is -2.13. The number of rotatable bonds is 4. The summed E-state index contributed by atoms with van der Waals surface area (Å²) >= 11 is 0. The molecule has 50 heavy (non-hydrogen) atoms. The van der Waals surface area contributed by atoms with Crippen LogP contribution in [0.1, 0.15) is 16.7 Å². The molecule has 0 unspecified atom stereocenters.